The van der Waals surface area contributed by atoms with E-state index in [1.165, 1.54) is 11.5 Å². The van der Waals surface area contributed by atoms with Crippen molar-refractivity contribution in [2.75, 3.05) is 18.4 Å². The molecule has 2 aliphatic heterocycles. The van der Waals surface area contributed by atoms with Crippen LogP contribution in [0.15, 0.2) is 40.5 Å². The average molecular weight is 583 g/mol. The highest BCUT2D eigenvalue weighted by Gasteiger charge is 2.30. The van der Waals surface area contributed by atoms with Crippen LogP contribution in [0.5, 0.6) is 5.75 Å². The summed E-state index contributed by atoms with van der Waals surface area (Å²) in [6.45, 7) is 8.96. The van der Waals surface area contributed by atoms with E-state index in [-0.39, 0.29) is 29.7 Å². The zero-order valence-corrected chi connectivity index (χ0v) is 23.5. The quantitative estimate of drug-likeness (QED) is 0.470. The van der Waals surface area contributed by atoms with Crippen LogP contribution in [0, 0.1) is 17.5 Å². The Kier molecular flexibility index (Phi) is 8.52. The van der Waals surface area contributed by atoms with Crippen LogP contribution in [0.1, 0.15) is 56.8 Å². The normalized spacial score (nSPS) is 17.8. The van der Waals surface area contributed by atoms with E-state index in [0.717, 1.165) is 36.7 Å². The Hall–Kier alpha value is -3.16. The van der Waals surface area contributed by atoms with Gasteiger partial charge in [-0.1, -0.05) is 32.9 Å². The third-order valence-electron chi connectivity index (χ3n) is 6.53. The molecule has 210 valence electrons. The molecular formula is C26H29F3N4O4S2. The van der Waals surface area contributed by atoms with E-state index in [4.69, 9.17) is 4.74 Å². The lowest BCUT2D eigenvalue weighted by Gasteiger charge is -2.37. The minimum atomic E-state index is -2.45. The topological polar surface area (TPSA) is 100 Å². The number of nitrogens with zero attached hydrogens (tertiary/aromatic N) is 2. The van der Waals surface area contributed by atoms with Gasteiger partial charge in [-0.3, -0.25) is 10.2 Å². The highest BCUT2D eigenvalue weighted by atomic mass is 32.9. The summed E-state index contributed by atoms with van der Waals surface area (Å²) in [5.74, 6) is -3.70. The number of halogens is 3. The molecule has 39 heavy (non-hydrogen) atoms. The van der Waals surface area contributed by atoms with Gasteiger partial charge < -0.3 is 10.1 Å². The van der Waals surface area contributed by atoms with Gasteiger partial charge in [-0.25, -0.2) is 23.0 Å². The highest BCUT2D eigenvalue weighted by molar-refractivity contribution is 8.42. The zero-order chi connectivity index (χ0) is 28.5. The second kappa shape index (κ2) is 11.5. The van der Waals surface area contributed by atoms with Crippen molar-refractivity contribution in [1.82, 2.24) is 10.2 Å². The molecule has 2 aromatic carbocycles. The van der Waals surface area contributed by atoms with Crippen molar-refractivity contribution in [3.8, 4) is 5.75 Å². The summed E-state index contributed by atoms with van der Waals surface area (Å²) in [6, 6.07) is 5.85. The summed E-state index contributed by atoms with van der Waals surface area (Å²) in [5.41, 5.74) is 1.60. The standard InChI is InChI=1S/C26H29F3N4O4S2/c1-15(33-9-6-10-33)16-7-5-8-18(27)17(16)12-30-20-11-19(28)24(23(29)22(20)26(2,3)4)37-25(34)32-21-13-38(14-31-21)39(35)36/h5,7-8,11,13-15,30H,6,9-10,12H2,1-4H3,(H,32,34)/t15-,38?/m0/s1. The van der Waals surface area contributed by atoms with Crippen LogP contribution in [-0.2, 0) is 30.7 Å². The van der Waals surface area contributed by atoms with Crippen molar-refractivity contribution in [2.45, 2.75) is 52.1 Å². The fraction of sp³-hybridized carbons (Fsp3) is 0.385. The first-order valence-electron chi connectivity index (χ1n) is 12.2. The lowest BCUT2D eigenvalue weighted by molar-refractivity contribution is 0.128. The SMILES string of the molecule is C[C@@H](c1cccc(F)c1CNc1cc(F)c(OC(=O)NC2=CS(=S(=O)=O)C=N2)c(F)c1C(C)(C)C)N1CCC1. The molecule has 2 atom stereocenters. The van der Waals surface area contributed by atoms with Crippen molar-refractivity contribution in [3.63, 3.8) is 0 Å². The maximum Gasteiger partial charge on any atom is 0.418 e. The number of amides is 1. The smallest absolute Gasteiger partial charge is 0.404 e. The molecule has 1 unspecified atom stereocenters. The minimum absolute atomic E-state index is 0.0140. The second-order valence-corrected chi connectivity index (χ2v) is 13.7. The molecule has 0 aromatic heterocycles. The molecule has 8 nitrogen and oxygen atoms in total. The Labute approximate surface area is 228 Å². The van der Waals surface area contributed by atoms with E-state index < -0.39 is 53.4 Å². The number of ether oxygens (including phenoxy) is 1. The summed E-state index contributed by atoms with van der Waals surface area (Å²) in [7, 11) is -3.77. The van der Waals surface area contributed by atoms with Gasteiger partial charge in [-0.05, 0) is 43.5 Å². The Morgan fingerprint density at radius 2 is 1.92 bits per heavy atom. The molecule has 1 fully saturated rings. The molecule has 1 saturated heterocycles. The summed E-state index contributed by atoms with van der Waals surface area (Å²) >= 11 is 0. The van der Waals surface area contributed by atoms with Gasteiger partial charge >= 0.3 is 6.09 Å². The summed E-state index contributed by atoms with van der Waals surface area (Å²) in [6.07, 6.45) is -0.158. The van der Waals surface area contributed by atoms with Crippen molar-refractivity contribution in [2.24, 2.45) is 4.99 Å². The van der Waals surface area contributed by atoms with Gasteiger partial charge in [0.05, 0.1) is 5.55 Å². The average Bonchev–Trinajstić information content (AvgIpc) is 3.27. The van der Waals surface area contributed by atoms with Gasteiger partial charge in [-0.2, -0.15) is 8.42 Å². The van der Waals surface area contributed by atoms with Gasteiger partial charge in [0, 0.05) is 50.3 Å². The predicted molar refractivity (Wildman–Crippen MR) is 145 cm³/mol. The molecule has 0 spiro atoms. The highest BCUT2D eigenvalue weighted by Crippen LogP contribution is 2.39. The first kappa shape index (κ1) is 28.8. The lowest BCUT2D eigenvalue weighted by atomic mass is 9.84. The molecule has 0 aliphatic carbocycles. The first-order valence-corrected chi connectivity index (χ1v) is 15.1. The Morgan fingerprint density at radius 3 is 2.51 bits per heavy atom. The number of hydrogen-bond acceptors (Lipinski definition) is 7. The van der Waals surface area contributed by atoms with Gasteiger partial charge in [-0.15, -0.1) is 0 Å². The Morgan fingerprint density at radius 1 is 1.21 bits per heavy atom. The molecule has 2 aliphatic rings. The van der Waals surface area contributed by atoms with E-state index in [0.29, 0.717) is 5.56 Å². The zero-order valence-electron chi connectivity index (χ0n) is 21.8. The molecule has 4 rings (SSSR count). The number of likely N-dealkylation sites (tertiary alicyclic amines) is 1. The van der Waals surface area contributed by atoms with E-state index in [9.17, 15) is 17.6 Å². The fourth-order valence-electron chi connectivity index (χ4n) is 4.47. The molecule has 13 heteroatoms. The molecule has 1 amide bonds. The van der Waals surface area contributed by atoms with Gasteiger partial charge in [0.2, 0.25) is 15.0 Å². The number of aliphatic imine (C=N–C) groups is 1. The van der Waals surface area contributed by atoms with Gasteiger partial charge in [0.1, 0.15) is 11.6 Å². The van der Waals surface area contributed by atoms with E-state index in [2.05, 4.69) is 20.5 Å². The van der Waals surface area contributed by atoms with Crippen LogP contribution >= 0.6 is 0 Å². The third-order valence-corrected chi connectivity index (χ3v) is 9.10. The Bertz CT molecular complexity index is 1510. The monoisotopic (exact) mass is 582 g/mol. The lowest BCUT2D eigenvalue weighted by Crippen LogP contribution is -2.39. The maximum absolute atomic E-state index is 15.7. The van der Waals surface area contributed by atoms with E-state index >= 15 is 8.78 Å². The number of carbonyl (C=O) groups excluding carboxylic acids is 1. The summed E-state index contributed by atoms with van der Waals surface area (Å²) in [5, 5.41) is 6.34. The van der Waals surface area contributed by atoms with Crippen LogP contribution in [0.3, 0.4) is 0 Å². The molecule has 0 bridgehead atoms. The molecule has 2 heterocycles. The van der Waals surface area contributed by atoms with Crippen LogP contribution in [0.2, 0.25) is 0 Å². The predicted octanol–water partition coefficient (Wildman–Crippen LogP) is 5.12. The van der Waals surface area contributed by atoms with E-state index in [1.54, 1.807) is 26.8 Å². The van der Waals surface area contributed by atoms with Crippen LogP contribution < -0.4 is 15.4 Å². The minimum Gasteiger partial charge on any atom is -0.404 e. The first-order chi connectivity index (χ1) is 18.4. The largest absolute Gasteiger partial charge is 0.418 e. The summed E-state index contributed by atoms with van der Waals surface area (Å²) in [4.78, 5) is 18.3. The van der Waals surface area contributed by atoms with E-state index in [1.807, 2.05) is 13.0 Å². The number of nitrogens with one attached hydrogen (secondary N) is 2. The van der Waals surface area contributed by atoms with Crippen LogP contribution in [-0.4, -0.2) is 38.0 Å². The number of carbonyl (C=O) groups is 1. The molecular weight excluding hydrogens is 553 g/mol. The third kappa shape index (κ3) is 6.36. The molecule has 0 saturated carbocycles. The van der Waals surface area contributed by atoms with Gasteiger partial charge in [0.15, 0.2) is 11.6 Å². The van der Waals surface area contributed by atoms with Gasteiger partial charge in [0.25, 0.3) is 0 Å². The molecule has 2 N–H and O–H groups in total. The number of anilines is 1. The Balaban J connectivity index is 1.61. The van der Waals surface area contributed by atoms with Crippen molar-refractivity contribution in [3.05, 3.63) is 69.6 Å². The van der Waals surface area contributed by atoms with Crippen molar-refractivity contribution in [1.29, 1.82) is 0 Å². The fourth-order valence-corrected chi connectivity index (χ4v) is 6.08. The molecule has 2 aromatic rings. The van der Waals surface area contributed by atoms with Crippen molar-refractivity contribution >= 4 is 36.0 Å². The van der Waals surface area contributed by atoms with Crippen molar-refractivity contribution < 1.29 is 31.1 Å². The molecule has 0 radical (unpaired) electrons. The maximum atomic E-state index is 15.7. The number of hydrogen-bond donors (Lipinski definition) is 2. The number of benzene rings is 2. The summed E-state index contributed by atoms with van der Waals surface area (Å²) < 4.78 is 72.8. The number of rotatable bonds is 7. The second-order valence-electron chi connectivity index (χ2n) is 10.2. The van der Waals surface area contributed by atoms with Crippen LogP contribution in [0.25, 0.3) is 0 Å². The van der Waals surface area contributed by atoms with Crippen LogP contribution in [0.4, 0.5) is 23.7 Å².